The van der Waals surface area contributed by atoms with Crippen LogP contribution in [0, 0.1) is 5.92 Å². The molecule has 0 aliphatic carbocycles. The molecule has 25 heavy (non-hydrogen) atoms. The molecule has 1 unspecified atom stereocenters. The Hall–Kier alpha value is -1.02. The summed E-state index contributed by atoms with van der Waals surface area (Å²) in [6.45, 7) is 0. The second-order valence-electron chi connectivity index (χ2n) is 7.79. The average Bonchev–Trinajstić information content (AvgIpc) is 2.81. The van der Waals surface area contributed by atoms with E-state index in [0.717, 1.165) is 28.0 Å². The van der Waals surface area contributed by atoms with Crippen molar-refractivity contribution in [3.63, 3.8) is 0 Å². The molecule has 0 amide bonds. The quantitative estimate of drug-likeness (QED) is 0.599. The molecule has 0 N–H and O–H groups in total. The summed E-state index contributed by atoms with van der Waals surface area (Å²) in [6, 6.07) is 18.3. The highest BCUT2D eigenvalue weighted by Crippen LogP contribution is 2.43. The van der Waals surface area contributed by atoms with E-state index in [1.807, 2.05) is 12.1 Å². The van der Waals surface area contributed by atoms with Gasteiger partial charge in [0.15, 0.2) is 0 Å². The molecule has 2 aromatic rings. The lowest BCUT2D eigenvalue weighted by molar-refractivity contribution is 0.127. The minimum absolute atomic E-state index is 0.366. The minimum Gasteiger partial charge on any atom is -0.300 e. The highest BCUT2D eigenvalue weighted by Gasteiger charge is 2.39. The van der Waals surface area contributed by atoms with Crippen LogP contribution in [0.25, 0.3) is 0 Å². The van der Waals surface area contributed by atoms with Crippen molar-refractivity contribution in [1.29, 1.82) is 0 Å². The number of fused-ring (bicyclic) bond motifs is 2. The molecule has 2 fully saturated rings. The van der Waals surface area contributed by atoms with Gasteiger partial charge in [0, 0.05) is 28.0 Å². The number of halogens is 2. The van der Waals surface area contributed by atoms with Gasteiger partial charge in [0.05, 0.1) is 0 Å². The SMILES string of the molecule is CN1[C@@H]2CC[C@H]1CC(CC(c1cccc(Cl)c1)c1cccc(Cl)c1)C2. The number of hydrogen-bond donors (Lipinski definition) is 0. The van der Waals surface area contributed by atoms with Gasteiger partial charge in [-0.3, -0.25) is 0 Å². The lowest BCUT2D eigenvalue weighted by atomic mass is 9.78. The zero-order valence-corrected chi connectivity index (χ0v) is 16.2. The maximum Gasteiger partial charge on any atom is 0.0408 e. The van der Waals surface area contributed by atoms with Gasteiger partial charge in [-0.25, -0.2) is 0 Å². The first-order chi connectivity index (χ1) is 12.1. The number of hydrogen-bond acceptors (Lipinski definition) is 1. The van der Waals surface area contributed by atoms with Crippen molar-refractivity contribution in [2.75, 3.05) is 7.05 Å². The van der Waals surface area contributed by atoms with Crippen LogP contribution in [0.1, 0.15) is 49.1 Å². The zero-order valence-electron chi connectivity index (χ0n) is 14.7. The molecule has 0 spiro atoms. The summed E-state index contributed by atoms with van der Waals surface area (Å²) in [7, 11) is 2.31. The Balaban J connectivity index is 1.62. The molecule has 3 atom stereocenters. The molecule has 4 rings (SSSR count). The van der Waals surface area contributed by atoms with Gasteiger partial charge >= 0.3 is 0 Å². The summed E-state index contributed by atoms with van der Waals surface area (Å²) < 4.78 is 0. The molecule has 132 valence electrons. The molecule has 0 radical (unpaired) electrons. The summed E-state index contributed by atoms with van der Waals surface area (Å²) >= 11 is 12.6. The fraction of sp³-hybridized carbons (Fsp3) is 0.455. The summed E-state index contributed by atoms with van der Waals surface area (Å²) in [4.78, 5) is 2.62. The molecule has 1 nitrogen and oxygen atoms in total. The predicted molar refractivity (Wildman–Crippen MR) is 107 cm³/mol. The van der Waals surface area contributed by atoms with Crippen molar-refractivity contribution in [3.8, 4) is 0 Å². The van der Waals surface area contributed by atoms with Gasteiger partial charge in [-0.2, -0.15) is 0 Å². The highest BCUT2D eigenvalue weighted by molar-refractivity contribution is 6.31. The van der Waals surface area contributed by atoms with Crippen LogP contribution in [-0.4, -0.2) is 24.0 Å². The standard InChI is InChI=1S/C22H25Cl2N/c1-25-20-8-9-21(25)11-15(10-20)12-22(16-4-2-6-18(23)13-16)17-5-3-7-19(24)14-17/h2-7,13-15,20-22H,8-12H2,1H3/t15?,20-,21+. The lowest BCUT2D eigenvalue weighted by Crippen LogP contribution is -2.40. The second-order valence-corrected chi connectivity index (χ2v) is 8.66. The van der Waals surface area contributed by atoms with E-state index in [1.165, 1.54) is 43.2 Å². The molecule has 2 heterocycles. The van der Waals surface area contributed by atoms with E-state index in [-0.39, 0.29) is 0 Å². The third kappa shape index (κ3) is 3.74. The van der Waals surface area contributed by atoms with E-state index in [2.05, 4.69) is 48.3 Å². The van der Waals surface area contributed by atoms with E-state index in [9.17, 15) is 0 Å². The predicted octanol–water partition coefficient (Wildman–Crippen LogP) is 6.39. The Morgan fingerprint density at radius 1 is 0.920 bits per heavy atom. The Bertz CT molecular complexity index is 685. The summed E-state index contributed by atoms with van der Waals surface area (Å²) in [5, 5.41) is 1.63. The van der Waals surface area contributed by atoms with Gasteiger partial charge in [0.2, 0.25) is 0 Å². The fourth-order valence-electron chi connectivity index (χ4n) is 4.96. The summed E-state index contributed by atoms with van der Waals surface area (Å²) in [5.74, 6) is 1.14. The first-order valence-corrected chi connectivity index (χ1v) is 10.1. The van der Waals surface area contributed by atoms with Crippen molar-refractivity contribution in [2.45, 2.75) is 50.1 Å². The first kappa shape index (κ1) is 17.4. The van der Waals surface area contributed by atoms with Gasteiger partial charge in [-0.05, 0) is 80.5 Å². The van der Waals surface area contributed by atoms with Crippen molar-refractivity contribution < 1.29 is 0 Å². The van der Waals surface area contributed by atoms with Crippen molar-refractivity contribution in [1.82, 2.24) is 4.90 Å². The zero-order chi connectivity index (χ0) is 17.4. The summed E-state index contributed by atoms with van der Waals surface area (Å²) in [6.07, 6.45) is 6.57. The van der Waals surface area contributed by atoms with Crippen molar-refractivity contribution in [3.05, 3.63) is 69.7 Å². The maximum absolute atomic E-state index is 6.29. The lowest BCUT2D eigenvalue weighted by Gasteiger charge is -2.38. The normalized spacial score (nSPS) is 26.3. The Morgan fingerprint density at radius 2 is 1.44 bits per heavy atom. The Morgan fingerprint density at radius 3 is 1.92 bits per heavy atom. The smallest absolute Gasteiger partial charge is 0.0408 e. The number of piperidine rings is 1. The number of rotatable bonds is 4. The molecule has 0 aromatic heterocycles. The van der Waals surface area contributed by atoms with E-state index >= 15 is 0 Å². The van der Waals surface area contributed by atoms with E-state index < -0.39 is 0 Å². The van der Waals surface area contributed by atoms with Crippen LogP contribution in [0.2, 0.25) is 10.0 Å². The minimum atomic E-state index is 0.366. The molecule has 2 aromatic carbocycles. The monoisotopic (exact) mass is 373 g/mol. The second kappa shape index (κ2) is 7.31. The van der Waals surface area contributed by atoms with E-state index in [1.54, 1.807) is 0 Å². The van der Waals surface area contributed by atoms with Crippen LogP contribution in [0.5, 0.6) is 0 Å². The van der Waals surface area contributed by atoms with Gasteiger partial charge < -0.3 is 4.90 Å². The van der Waals surface area contributed by atoms with Gasteiger partial charge in [0.25, 0.3) is 0 Å². The van der Waals surface area contributed by atoms with Crippen LogP contribution in [0.4, 0.5) is 0 Å². The third-order valence-electron chi connectivity index (χ3n) is 6.27. The summed E-state index contributed by atoms with van der Waals surface area (Å²) in [5.41, 5.74) is 2.61. The molecule has 2 bridgehead atoms. The van der Waals surface area contributed by atoms with E-state index in [0.29, 0.717) is 5.92 Å². The van der Waals surface area contributed by atoms with E-state index in [4.69, 9.17) is 23.2 Å². The number of benzene rings is 2. The Kier molecular flexibility index (Phi) is 5.08. The average molecular weight is 374 g/mol. The maximum atomic E-state index is 6.29. The molecule has 3 heteroatoms. The third-order valence-corrected chi connectivity index (χ3v) is 6.74. The molecule has 0 saturated carbocycles. The molecular formula is C22H25Cl2N. The van der Waals surface area contributed by atoms with Gasteiger partial charge in [-0.15, -0.1) is 0 Å². The first-order valence-electron chi connectivity index (χ1n) is 9.33. The molecule has 2 aliphatic rings. The molecular weight excluding hydrogens is 349 g/mol. The molecule has 2 aliphatic heterocycles. The van der Waals surface area contributed by atoms with Crippen LogP contribution in [0.15, 0.2) is 48.5 Å². The van der Waals surface area contributed by atoms with Crippen LogP contribution in [0.3, 0.4) is 0 Å². The van der Waals surface area contributed by atoms with Gasteiger partial charge in [0.1, 0.15) is 0 Å². The van der Waals surface area contributed by atoms with Crippen LogP contribution < -0.4 is 0 Å². The van der Waals surface area contributed by atoms with Crippen molar-refractivity contribution in [2.24, 2.45) is 5.92 Å². The van der Waals surface area contributed by atoms with Crippen molar-refractivity contribution >= 4 is 23.2 Å². The van der Waals surface area contributed by atoms with Gasteiger partial charge in [-0.1, -0.05) is 47.5 Å². The fourth-order valence-corrected chi connectivity index (χ4v) is 5.36. The van der Waals surface area contributed by atoms with Crippen LogP contribution >= 0.6 is 23.2 Å². The largest absolute Gasteiger partial charge is 0.300 e. The number of nitrogens with zero attached hydrogens (tertiary/aromatic N) is 1. The Labute approximate surface area is 160 Å². The highest BCUT2D eigenvalue weighted by atomic mass is 35.5. The topological polar surface area (TPSA) is 3.24 Å². The molecule has 2 saturated heterocycles. The van der Waals surface area contributed by atoms with Crippen LogP contribution in [-0.2, 0) is 0 Å².